The summed E-state index contributed by atoms with van der Waals surface area (Å²) in [6.07, 6.45) is 2.02. The van der Waals surface area contributed by atoms with Crippen LogP contribution in [0.25, 0.3) is 83.1 Å². The van der Waals surface area contributed by atoms with E-state index in [-0.39, 0.29) is 20.1 Å². The molecular weight excluding hydrogens is 845 g/mol. The molecule has 0 aliphatic carbocycles. The van der Waals surface area contributed by atoms with Gasteiger partial charge in [-0.15, -0.1) is 54.1 Å². The van der Waals surface area contributed by atoms with Crippen molar-refractivity contribution in [1.29, 1.82) is 0 Å². The molecule has 7 heteroatoms. The van der Waals surface area contributed by atoms with Crippen LogP contribution in [0.4, 0.5) is 0 Å². The monoisotopic (exact) mass is 879 g/mol. The summed E-state index contributed by atoms with van der Waals surface area (Å²) in [5.74, 6) is 0.757. The quantitative estimate of drug-likeness (QED) is 0.131. The second-order valence-corrected chi connectivity index (χ2v) is 19.0. The first-order valence-electron chi connectivity index (χ1n) is 17.4. The van der Waals surface area contributed by atoms with Crippen LogP contribution in [0, 0.1) is 12.1 Å². The summed E-state index contributed by atoms with van der Waals surface area (Å²) in [6, 6.07) is 56.1. The molecule has 0 aliphatic heterocycles. The molecule has 0 saturated heterocycles. The average Bonchev–Trinajstić information content (AvgIpc) is 3.76. The number of fused-ring (bicyclic) bond motifs is 7. The number of benzene rings is 6. The zero-order valence-corrected chi connectivity index (χ0v) is 32.9. The summed E-state index contributed by atoms with van der Waals surface area (Å²) in [5, 5.41) is 6.86. The second kappa shape index (κ2) is 14.0. The number of nitrogens with zero attached hydrogens (tertiary/aromatic N) is 4. The second-order valence-electron chi connectivity index (χ2n) is 13.9. The Morgan fingerprint density at radius 3 is 2.15 bits per heavy atom. The van der Waals surface area contributed by atoms with Crippen LogP contribution in [0.5, 0.6) is 0 Å². The van der Waals surface area contributed by atoms with Crippen LogP contribution in [0.3, 0.4) is 0 Å². The summed E-state index contributed by atoms with van der Waals surface area (Å²) < 4.78 is 8.77. The van der Waals surface area contributed by atoms with Crippen molar-refractivity contribution >= 4 is 68.0 Å². The molecule has 0 bridgehead atoms. The van der Waals surface area contributed by atoms with E-state index < -0.39 is 8.07 Å². The Hall–Kier alpha value is -5.72. The Kier molecular flexibility index (Phi) is 9.09. The van der Waals surface area contributed by atoms with Crippen molar-refractivity contribution in [3.8, 4) is 28.3 Å². The fraction of sp³-hybridized carbons (Fsp3) is 0.0652. The van der Waals surface area contributed by atoms with E-state index in [1.54, 1.807) is 0 Å². The van der Waals surface area contributed by atoms with Crippen molar-refractivity contribution in [3.63, 3.8) is 0 Å². The van der Waals surface area contributed by atoms with Crippen molar-refractivity contribution in [2.45, 2.75) is 19.6 Å². The molecule has 0 unspecified atom stereocenters. The molecule has 0 aliphatic rings. The van der Waals surface area contributed by atoms with E-state index in [9.17, 15) is 0 Å². The number of aromatic nitrogens is 4. The number of furan rings is 1. The molecule has 1 radical (unpaired) electrons. The minimum atomic E-state index is -1.23. The first-order valence-corrected chi connectivity index (χ1v) is 20.9. The fourth-order valence-electron chi connectivity index (χ4n) is 6.80. The molecule has 6 aromatic carbocycles. The molecule has 4 heterocycles. The zero-order chi connectivity index (χ0) is 35.2. The van der Waals surface area contributed by atoms with Gasteiger partial charge in [-0.05, 0) is 40.5 Å². The van der Waals surface area contributed by atoms with Crippen molar-refractivity contribution in [2.75, 3.05) is 0 Å². The predicted molar refractivity (Wildman–Crippen MR) is 217 cm³/mol. The van der Waals surface area contributed by atoms with E-state index in [0.717, 1.165) is 77.5 Å². The van der Waals surface area contributed by atoms with Gasteiger partial charge in [0.05, 0.1) is 30.5 Å². The molecule has 10 aromatic rings. The van der Waals surface area contributed by atoms with Gasteiger partial charge in [-0.25, -0.2) is 4.98 Å². The van der Waals surface area contributed by atoms with Crippen LogP contribution >= 0.6 is 0 Å². The minimum Gasteiger partial charge on any atom is -0.500 e. The standard InChI is InChI=1S/C32H18N3O.C14H16NSi.Ir/c1-2-11-22(12-3-1)35-28-19-21-10-5-7-16-27(21)33-31(28)34-32(35)26-15-8-14-24-25-18-17-20-9-4-6-13-23(20)29(25)36-30(24)26;1-16(2,3)13-9-10-14(15-11-13)12-7-5-4-6-8-12;/h1-14,16-19H;4-7,9-11H,1-3H3;/q2*-1;. The largest absolute Gasteiger partial charge is 0.500 e. The third kappa shape index (κ3) is 6.38. The van der Waals surface area contributed by atoms with Gasteiger partial charge in [0.2, 0.25) is 0 Å². The van der Waals surface area contributed by atoms with E-state index in [1.807, 2.05) is 79.0 Å². The van der Waals surface area contributed by atoms with Crippen molar-refractivity contribution in [1.82, 2.24) is 19.5 Å². The van der Waals surface area contributed by atoms with Gasteiger partial charge in [-0.2, -0.15) is 0 Å². The Morgan fingerprint density at radius 2 is 1.38 bits per heavy atom. The van der Waals surface area contributed by atoms with Crippen LogP contribution in [0.1, 0.15) is 0 Å². The molecule has 0 fully saturated rings. The zero-order valence-electron chi connectivity index (χ0n) is 29.5. The first-order chi connectivity index (χ1) is 25.4. The van der Waals surface area contributed by atoms with E-state index >= 15 is 0 Å². The SMILES string of the molecule is C[Si](C)(C)c1ccc(-c2[c-]cccc2)nc1.[Ir].[c-]1ccc2c(oc3c4ccccc4ccc23)c1-c1nc2nc3ccccc3cc2n1-c1ccccc1. The van der Waals surface area contributed by atoms with Crippen molar-refractivity contribution in [3.05, 3.63) is 164 Å². The van der Waals surface area contributed by atoms with E-state index in [4.69, 9.17) is 14.4 Å². The van der Waals surface area contributed by atoms with Crippen LogP contribution in [-0.2, 0) is 20.1 Å². The topological polar surface area (TPSA) is 56.7 Å². The number of rotatable bonds is 4. The molecule has 259 valence electrons. The van der Waals surface area contributed by atoms with Gasteiger partial charge in [0, 0.05) is 48.1 Å². The Bertz CT molecular complexity index is 2880. The van der Waals surface area contributed by atoms with Gasteiger partial charge in [0.1, 0.15) is 5.58 Å². The van der Waals surface area contributed by atoms with E-state index in [2.05, 4.69) is 114 Å². The maximum atomic E-state index is 6.61. The number of hydrogen-bond donors (Lipinski definition) is 0. The number of imidazole rings is 1. The van der Waals surface area contributed by atoms with Crippen molar-refractivity contribution in [2.24, 2.45) is 0 Å². The molecule has 0 atom stereocenters. The number of hydrogen-bond acceptors (Lipinski definition) is 4. The van der Waals surface area contributed by atoms with Crippen molar-refractivity contribution < 1.29 is 24.5 Å². The van der Waals surface area contributed by atoms with Gasteiger partial charge in [0.15, 0.2) is 5.65 Å². The summed E-state index contributed by atoms with van der Waals surface area (Å²) in [6.45, 7) is 7.00. The van der Waals surface area contributed by atoms with Gasteiger partial charge >= 0.3 is 0 Å². The molecule has 0 saturated carbocycles. The summed E-state index contributed by atoms with van der Waals surface area (Å²) in [4.78, 5) is 14.5. The van der Waals surface area contributed by atoms with Crippen LogP contribution in [0.2, 0.25) is 19.6 Å². The smallest absolute Gasteiger partial charge is 0.168 e. The fourth-order valence-corrected chi connectivity index (χ4v) is 7.83. The Balaban J connectivity index is 0.000000199. The first kappa shape index (κ1) is 34.4. The van der Waals surface area contributed by atoms with Gasteiger partial charge in [-0.1, -0.05) is 116 Å². The summed E-state index contributed by atoms with van der Waals surface area (Å²) in [7, 11) is -1.23. The number of pyridine rings is 2. The van der Waals surface area contributed by atoms with Crippen LogP contribution in [0.15, 0.2) is 156 Å². The summed E-state index contributed by atoms with van der Waals surface area (Å²) >= 11 is 0. The normalized spacial score (nSPS) is 11.5. The molecule has 5 nitrogen and oxygen atoms in total. The summed E-state index contributed by atoms with van der Waals surface area (Å²) in [5.41, 5.74) is 8.12. The molecule has 0 N–H and O–H groups in total. The Labute approximate surface area is 322 Å². The average molecular weight is 879 g/mol. The number of para-hydroxylation sites is 2. The van der Waals surface area contributed by atoms with E-state index in [1.165, 1.54) is 5.19 Å². The van der Waals surface area contributed by atoms with Crippen LogP contribution < -0.4 is 5.19 Å². The van der Waals surface area contributed by atoms with Gasteiger partial charge in [-0.3, -0.25) is 4.98 Å². The van der Waals surface area contributed by atoms with E-state index in [0.29, 0.717) is 5.65 Å². The minimum absolute atomic E-state index is 0. The molecular formula is C46H34IrN4OSi-2. The maximum absolute atomic E-state index is 6.61. The van der Waals surface area contributed by atoms with Gasteiger partial charge in [0.25, 0.3) is 0 Å². The van der Waals surface area contributed by atoms with Gasteiger partial charge < -0.3 is 14.0 Å². The predicted octanol–water partition coefficient (Wildman–Crippen LogP) is 11.2. The Morgan fingerprint density at radius 1 is 0.623 bits per heavy atom. The molecule has 0 spiro atoms. The third-order valence-corrected chi connectivity index (χ3v) is 11.6. The molecule has 0 amide bonds. The van der Waals surface area contributed by atoms with Crippen LogP contribution in [-0.4, -0.2) is 27.6 Å². The third-order valence-electron chi connectivity index (χ3n) is 9.52. The molecule has 4 aromatic heterocycles. The molecule has 53 heavy (non-hydrogen) atoms. The molecule has 10 rings (SSSR count). The maximum Gasteiger partial charge on any atom is 0.168 e.